The summed E-state index contributed by atoms with van der Waals surface area (Å²) in [4.78, 5) is 2.58. The van der Waals surface area contributed by atoms with Crippen LogP contribution in [0.4, 0.5) is 0 Å². The largest absolute Gasteiger partial charge is 0.299 e. The van der Waals surface area contributed by atoms with Gasteiger partial charge in [0.05, 0.1) is 0 Å². The summed E-state index contributed by atoms with van der Waals surface area (Å²) in [6.07, 6.45) is 5.55. The van der Waals surface area contributed by atoms with Gasteiger partial charge in [-0.15, -0.1) is 0 Å². The second kappa shape index (κ2) is 5.66. The van der Waals surface area contributed by atoms with Crippen LogP contribution in [0, 0.1) is 0 Å². The Labute approximate surface area is 101 Å². The van der Waals surface area contributed by atoms with Crippen molar-refractivity contribution >= 4 is 15.9 Å². The maximum Gasteiger partial charge on any atom is 0.0244 e. The Morgan fingerprint density at radius 1 is 1.00 bits per heavy atom. The molecule has 0 saturated carbocycles. The zero-order chi connectivity index (χ0) is 10.5. The number of rotatable bonds is 2. The molecule has 1 fully saturated rings. The molecule has 1 aliphatic heterocycles. The molecule has 0 N–H and O–H groups in total. The van der Waals surface area contributed by atoms with Crippen molar-refractivity contribution in [3.63, 3.8) is 0 Å². The van der Waals surface area contributed by atoms with Crippen LogP contribution < -0.4 is 0 Å². The number of hydrogen-bond acceptors (Lipinski definition) is 1. The minimum atomic E-state index is 1.10. The van der Waals surface area contributed by atoms with Crippen molar-refractivity contribution in [1.82, 2.24) is 4.90 Å². The minimum Gasteiger partial charge on any atom is -0.299 e. The lowest BCUT2D eigenvalue weighted by Crippen LogP contribution is -2.24. The van der Waals surface area contributed by atoms with E-state index in [1.807, 2.05) is 0 Å². The first-order valence-electron chi connectivity index (χ1n) is 5.82. The lowest BCUT2D eigenvalue weighted by atomic mass is 10.2. The van der Waals surface area contributed by atoms with Gasteiger partial charge in [-0.3, -0.25) is 4.90 Å². The molecule has 0 radical (unpaired) electrons. The van der Waals surface area contributed by atoms with Gasteiger partial charge in [0, 0.05) is 11.0 Å². The third-order valence-corrected chi connectivity index (χ3v) is 3.82. The summed E-state index contributed by atoms with van der Waals surface area (Å²) in [7, 11) is 0. The number of nitrogens with zero attached hydrogens (tertiary/aromatic N) is 1. The zero-order valence-corrected chi connectivity index (χ0v) is 10.7. The van der Waals surface area contributed by atoms with E-state index >= 15 is 0 Å². The maximum absolute atomic E-state index is 3.62. The Bertz CT molecular complexity index is 303. The molecule has 0 atom stereocenters. The molecule has 1 nitrogen and oxygen atoms in total. The van der Waals surface area contributed by atoms with Crippen LogP contribution in [0.15, 0.2) is 28.7 Å². The van der Waals surface area contributed by atoms with Crippen LogP contribution in [0.1, 0.15) is 31.2 Å². The van der Waals surface area contributed by atoms with Gasteiger partial charge in [-0.05, 0) is 37.6 Å². The molecule has 1 aromatic carbocycles. The van der Waals surface area contributed by atoms with Gasteiger partial charge in [0.2, 0.25) is 0 Å². The predicted molar refractivity (Wildman–Crippen MR) is 67.9 cm³/mol. The van der Waals surface area contributed by atoms with E-state index < -0.39 is 0 Å². The first-order valence-corrected chi connectivity index (χ1v) is 6.61. The minimum absolute atomic E-state index is 1.10. The van der Waals surface area contributed by atoms with Crippen molar-refractivity contribution < 1.29 is 0 Å². The first-order chi connectivity index (χ1) is 7.36. The van der Waals surface area contributed by atoms with Crippen LogP contribution in [0.5, 0.6) is 0 Å². The molecule has 0 aromatic heterocycles. The SMILES string of the molecule is Brc1ccccc1CN1CCCCCC1. The fourth-order valence-electron chi connectivity index (χ4n) is 2.16. The molecule has 0 unspecified atom stereocenters. The maximum atomic E-state index is 3.62. The Kier molecular flexibility index (Phi) is 4.21. The van der Waals surface area contributed by atoms with Gasteiger partial charge in [-0.1, -0.05) is 47.0 Å². The van der Waals surface area contributed by atoms with E-state index in [-0.39, 0.29) is 0 Å². The molecule has 0 bridgehead atoms. The molecular formula is C13H18BrN. The van der Waals surface area contributed by atoms with Gasteiger partial charge in [-0.2, -0.15) is 0 Å². The van der Waals surface area contributed by atoms with Gasteiger partial charge < -0.3 is 0 Å². The molecule has 0 aliphatic carbocycles. The molecule has 82 valence electrons. The molecule has 2 rings (SSSR count). The number of benzene rings is 1. The molecule has 0 amide bonds. The van der Waals surface area contributed by atoms with Gasteiger partial charge in [0.25, 0.3) is 0 Å². The molecule has 1 aliphatic rings. The topological polar surface area (TPSA) is 3.24 Å². The van der Waals surface area contributed by atoms with Crippen molar-refractivity contribution in [2.45, 2.75) is 32.2 Å². The Hall–Kier alpha value is -0.340. The summed E-state index contributed by atoms with van der Waals surface area (Å²) in [5, 5.41) is 0. The monoisotopic (exact) mass is 267 g/mol. The van der Waals surface area contributed by atoms with E-state index in [4.69, 9.17) is 0 Å². The average Bonchev–Trinajstić information content (AvgIpc) is 2.50. The molecule has 1 aromatic rings. The molecular weight excluding hydrogens is 250 g/mol. The summed E-state index contributed by atoms with van der Waals surface area (Å²) in [6, 6.07) is 8.55. The third-order valence-electron chi connectivity index (χ3n) is 3.05. The first kappa shape index (κ1) is 11.2. The van der Waals surface area contributed by atoms with Crippen LogP contribution in [-0.2, 0) is 6.54 Å². The predicted octanol–water partition coefficient (Wildman–Crippen LogP) is 3.83. The standard InChI is InChI=1S/C13H18BrN/c14-13-8-4-3-7-12(13)11-15-9-5-1-2-6-10-15/h3-4,7-8H,1-2,5-6,9-11H2. The number of likely N-dealkylation sites (tertiary alicyclic amines) is 1. The van der Waals surface area contributed by atoms with Crippen LogP contribution in [0.2, 0.25) is 0 Å². The van der Waals surface area contributed by atoms with Crippen molar-refractivity contribution in [3.8, 4) is 0 Å². The van der Waals surface area contributed by atoms with Crippen molar-refractivity contribution in [2.75, 3.05) is 13.1 Å². The second-order valence-electron chi connectivity index (χ2n) is 4.28. The highest BCUT2D eigenvalue weighted by molar-refractivity contribution is 9.10. The van der Waals surface area contributed by atoms with E-state index in [0.29, 0.717) is 0 Å². The quantitative estimate of drug-likeness (QED) is 0.788. The number of halogens is 1. The third kappa shape index (κ3) is 3.32. The summed E-state index contributed by atoms with van der Waals surface area (Å²) < 4.78 is 1.24. The highest BCUT2D eigenvalue weighted by Crippen LogP contribution is 2.19. The lowest BCUT2D eigenvalue weighted by molar-refractivity contribution is 0.276. The summed E-state index contributed by atoms with van der Waals surface area (Å²) in [5.41, 5.74) is 1.42. The molecule has 0 spiro atoms. The smallest absolute Gasteiger partial charge is 0.0244 e. The summed E-state index contributed by atoms with van der Waals surface area (Å²) in [5.74, 6) is 0. The van der Waals surface area contributed by atoms with Crippen molar-refractivity contribution in [2.24, 2.45) is 0 Å². The zero-order valence-electron chi connectivity index (χ0n) is 9.08. The van der Waals surface area contributed by atoms with Crippen LogP contribution in [-0.4, -0.2) is 18.0 Å². The van der Waals surface area contributed by atoms with Crippen molar-refractivity contribution in [3.05, 3.63) is 34.3 Å². The average molecular weight is 268 g/mol. The second-order valence-corrected chi connectivity index (χ2v) is 5.14. The highest BCUT2D eigenvalue weighted by Gasteiger charge is 2.10. The fraction of sp³-hybridized carbons (Fsp3) is 0.538. The lowest BCUT2D eigenvalue weighted by Gasteiger charge is -2.20. The number of hydrogen-bond donors (Lipinski definition) is 0. The van der Waals surface area contributed by atoms with Crippen LogP contribution >= 0.6 is 15.9 Å². The van der Waals surface area contributed by atoms with E-state index in [1.54, 1.807) is 0 Å². The van der Waals surface area contributed by atoms with E-state index in [2.05, 4.69) is 45.1 Å². The Morgan fingerprint density at radius 3 is 2.33 bits per heavy atom. The Balaban J connectivity index is 1.98. The van der Waals surface area contributed by atoms with E-state index in [0.717, 1.165) is 6.54 Å². The summed E-state index contributed by atoms with van der Waals surface area (Å²) >= 11 is 3.62. The van der Waals surface area contributed by atoms with E-state index in [9.17, 15) is 0 Å². The normalized spacial score (nSPS) is 18.7. The molecule has 15 heavy (non-hydrogen) atoms. The van der Waals surface area contributed by atoms with Crippen LogP contribution in [0.25, 0.3) is 0 Å². The highest BCUT2D eigenvalue weighted by atomic mass is 79.9. The van der Waals surface area contributed by atoms with Gasteiger partial charge >= 0.3 is 0 Å². The fourth-order valence-corrected chi connectivity index (χ4v) is 2.57. The van der Waals surface area contributed by atoms with Gasteiger partial charge in [0.1, 0.15) is 0 Å². The molecule has 1 heterocycles. The summed E-state index contributed by atoms with van der Waals surface area (Å²) in [6.45, 7) is 3.63. The van der Waals surface area contributed by atoms with E-state index in [1.165, 1.54) is 48.8 Å². The van der Waals surface area contributed by atoms with Crippen LogP contribution in [0.3, 0.4) is 0 Å². The van der Waals surface area contributed by atoms with Gasteiger partial charge in [-0.25, -0.2) is 0 Å². The molecule has 1 saturated heterocycles. The Morgan fingerprint density at radius 2 is 1.67 bits per heavy atom. The van der Waals surface area contributed by atoms with Crippen molar-refractivity contribution in [1.29, 1.82) is 0 Å². The van der Waals surface area contributed by atoms with Gasteiger partial charge in [0.15, 0.2) is 0 Å². The molecule has 2 heteroatoms.